The van der Waals surface area contributed by atoms with Crippen LogP contribution in [0.2, 0.25) is 5.02 Å². The molecule has 0 spiro atoms. The minimum absolute atomic E-state index is 0.0109. The van der Waals surface area contributed by atoms with Crippen molar-refractivity contribution < 1.29 is 27.4 Å². The highest BCUT2D eigenvalue weighted by atomic mass is 79.9. The van der Waals surface area contributed by atoms with E-state index < -0.39 is 15.9 Å². The number of hydrogen-bond donors (Lipinski definition) is 1. The van der Waals surface area contributed by atoms with Crippen molar-refractivity contribution in [2.24, 2.45) is 5.10 Å². The SMILES string of the molecule is COc1ccc(S(=O)(=O)N(Cc2ccccc2)c2ccccc2C(=O)N/N=C\c2cc(Br)c(OCc3ccc(Cl)cc3)c(OC)c2)cc1. The molecule has 48 heavy (non-hydrogen) atoms. The monoisotopic (exact) mass is 747 g/mol. The van der Waals surface area contributed by atoms with Gasteiger partial charge in [0.1, 0.15) is 12.4 Å². The largest absolute Gasteiger partial charge is 0.497 e. The van der Waals surface area contributed by atoms with Crippen LogP contribution >= 0.6 is 27.5 Å². The number of halogens is 2. The van der Waals surface area contributed by atoms with E-state index in [0.29, 0.717) is 38.9 Å². The maximum atomic E-state index is 14.1. The van der Waals surface area contributed by atoms with E-state index in [4.69, 9.17) is 25.8 Å². The molecule has 0 saturated carbocycles. The van der Waals surface area contributed by atoms with Gasteiger partial charge in [-0.2, -0.15) is 5.10 Å². The number of nitrogens with zero attached hydrogens (tertiary/aromatic N) is 2. The van der Waals surface area contributed by atoms with Crippen LogP contribution in [0.4, 0.5) is 5.69 Å². The number of rotatable bonds is 13. The topological polar surface area (TPSA) is 107 Å². The molecule has 0 bridgehead atoms. The summed E-state index contributed by atoms with van der Waals surface area (Å²) in [6.07, 6.45) is 1.45. The summed E-state index contributed by atoms with van der Waals surface area (Å²) in [5, 5.41) is 4.79. The third-order valence-electron chi connectivity index (χ3n) is 7.16. The van der Waals surface area contributed by atoms with Gasteiger partial charge in [-0.25, -0.2) is 13.8 Å². The maximum absolute atomic E-state index is 14.1. The van der Waals surface area contributed by atoms with Gasteiger partial charge in [0.25, 0.3) is 15.9 Å². The summed E-state index contributed by atoms with van der Waals surface area (Å²) >= 11 is 9.51. The van der Waals surface area contributed by atoms with Crippen LogP contribution in [0.25, 0.3) is 0 Å². The molecule has 0 aromatic heterocycles. The normalized spacial score (nSPS) is 11.2. The van der Waals surface area contributed by atoms with Gasteiger partial charge in [-0.15, -0.1) is 0 Å². The standard InChI is InChI=1S/C36H31BrClN3O6S/c1-45-29-16-18-30(19-17-29)48(43,44)41(23-25-8-4-3-5-9-25)33-11-7-6-10-31(33)36(42)40-39-22-27-20-32(37)35(34(21-27)46-2)47-24-26-12-14-28(38)15-13-26/h3-22H,23-24H2,1-2H3,(H,40,42)/b39-22-. The smallest absolute Gasteiger partial charge is 0.273 e. The fourth-order valence-electron chi connectivity index (χ4n) is 4.72. The first-order valence-electron chi connectivity index (χ1n) is 14.6. The molecule has 5 rings (SSSR count). The molecule has 5 aromatic rings. The van der Waals surface area contributed by atoms with Gasteiger partial charge in [0, 0.05) is 5.02 Å². The van der Waals surface area contributed by atoms with Crippen LogP contribution < -0.4 is 23.9 Å². The van der Waals surface area contributed by atoms with E-state index in [1.54, 1.807) is 60.7 Å². The number of para-hydroxylation sites is 1. The number of methoxy groups -OCH3 is 2. The minimum Gasteiger partial charge on any atom is -0.497 e. The van der Waals surface area contributed by atoms with Crippen molar-refractivity contribution in [3.63, 3.8) is 0 Å². The summed E-state index contributed by atoms with van der Waals surface area (Å²) in [5.74, 6) is 0.876. The predicted octanol–water partition coefficient (Wildman–Crippen LogP) is 7.86. The Balaban J connectivity index is 1.38. The lowest BCUT2D eigenvalue weighted by Gasteiger charge is -2.26. The number of benzene rings is 5. The third-order valence-corrected chi connectivity index (χ3v) is 9.78. The van der Waals surface area contributed by atoms with E-state index in [1.165, 1.54) is 36.9 Å². The Kier molecular flexibility index (Phi) is 11.4. The van der Waals surface area contributed by atoms with Gasteiger partial charge >= 0.3 is 0 Å². The second kappa shape index (κ2) is 15.8. The van der Waals surface area contributed by atoms with Crippen molar-refractivity contribution in [1.82, 2.24) is 5.43 Å². The molecule has 12 heteroatoms. The summed E-state index contributed by atoms with van der Waals surface area (Å²) in [4.78, 5) is 13.6. The molecule has 1 amide bonds. The number of sulfonamides is 1. The van der Waals surface area contributed by atoms with Crippen molar-refractivity contribution in [3.05, 3.63) is 147 Å². The summed E-state index contributed by atoms with van der Waals surface area (Å²) < 4.78 is 46.7. The van der Waals surface area contributed by atoms with Crippen LogP contribution in [0.1, 0.15) is 27.0 Å². The summed E-state index contributed by atoms with van der Waals surface area (Å²) in [5.41, 5.74) is 5.12. The summed E-state index contributed by atoms with van der Waals surface area (Å²) in [6, 6.07) is 32.5. The molecule has 1 N–H and O–H groups in total. The maximum Gasteiger partial charge on any atom is 0.273 e. The second-order valence-electron chi connectivity index (χ2n) is 10.3. The lowest BCUT2D eigenvalue weighted by molar-refractivity contribution is 0.0955. The summed E-state index contributed by atoms with van der Waals surface area (Å²) in [6.45, 7) is 0.285. The number of carbonyl (C=O) groups excluding carboxylic acids is 1. The quantitative estimate of drug-likeness (QED) is 0.0972. The lowest BCUT2D eigenvalue weighted by Crippen LogP contribution is -2.33. The lowest BCUT2D eigenvalue weighted by atomic mass is 10.1. The van der Waals surface area contributed by atoms with Crippen molar-refractivity contribution in [3.8, 4) is 17.2 Å². The van der Waals surface area contributed by atoms with Crippen molar-refractivity contribution in [1.29, 1.82) is 0 Å². The first-order valence-corrected chi connectivity index (χ1v) is 17.2. The van der Waals surface area contributed by atoms with Crippen LogP contribution in [0, 0.1) is 0 Å². The van der Waals surface area contributed by atoms with E-state index in [0.717, 1.165) is 11.1 Å². The number of hydrazone groups is 1. The van der Waals surface area contributed by atoms with Gasteiger partial charge in [-0.3, -0.25) is 9.10 Å². The molecule has 0 fully saturated rings. The first-order chi connectivity index (χ1) is 23.2. The Morgan fingerprint density at radius 3 is 2.25 bits per heavy atom. The number of carbonyl (C=O) groups is 1. The zero-order chi connectivity index (χ0) is 34.1. The Morgan fingerprint density at radius 1 is 0.875 bits per heavy atom. The molecule has 0 heterocycles. The molecule has 0 atom stereocenters. The first kappa shape index (κ1) is 34.5. The highest BCUT2D eigenvalue weighted by Gasteiger charge is 2.29. The van der Waals surface area contributed by atoms with E-state index >= 15 is 0 Å². The van der Waals surface area contributed by atoms with E-state index in [2.05, 4.69) is 26.5 Å². The molecule has 0 unspecified atom stereocenters. The Hall–Kier alpha value is -4.84. The number of anilines is 1. The summed E-state index contributed by atoms with van der Waals surface area (Å²) in [7, 11) is -1.08. The molecule has 0 radical (unpaired) electrons. The minimum atomic E-state index is -4.12. The molecule has 9 nitrogen and oxygen atoms in total. The van der Waals surface area contributed by atoms with Crippen LogP contribution in [-0.4, -0.2) is 34.8 Å². The number of nitrogens with one attached hydrogen (secondary N) is 1. The average molecular weight is 749 g/mol. The van der Waals surface area contributed by atoms with Gasteiger partial charge in [-0.1, -0.05) is 66.2 Å². The highest BCUT2D eigenvalue weighted by Crippen LogP contribution is 2.37. The Labute approximate surface area is 292 Å². The molecule has 0 saturated heterocycles. The van der Waals surface area contributed by atoms with Crippen LogP contribution in [0.5, 0.6) is 17.2 Å². The molecule has 5 aromatic carbocycles. The van der Waals surface area contributed by atoms with Gasteiger partial charge < -0.3 is 14.2 Å². The van der Waals surface area contributed by atoms with Crippen molar-refractivity contribution in [2.45, 2.75) is 18.0 Å². The average Bonchev–Trinajstić information content (AvgIpc) is 3.11. The van der Waals surface area contributed by atoms with Crippen molar-refractivity contribution >= 4 is 55.4 Å². The molecule has 0 aliphatic carbocycles. The number of amides is 1. The van der Waals surface area contributed by atoms with E-state index in [1.807, 2.05) is 42.5 Å². The number of hydrogen-bond acceptors (Lipinski definition) is 7. The van der Waals surface area contributed by atoms with Crippen LogP contribution in [0.15, 0.2) is 130 Å². The van der Waals surface area contributed by atoms with Crippen molar-refractivity contribution in [2.75, 3.05) is 18.5 Å². The van der Waals surface area contributed by atoms with Gasteiger partial charge in [0.05, 0.1) is 47.6 Å². The Bertz CT molecular complexity index is 2010. The fraction of sp³-hybridized carbons (Fsp3) is 0.111. The zero-order valence-electron chi connectivity index (χ0n) is 26.0. The second-order valence-corrected chi connectivity index (χ2v) is 13.5. The van der Waals surface area contributed by atoms with E-state index in [-0.39, 0.29) is 22.7 Å². The molecule has 0 aliphatic heterocycles. The molecule has 0 aliphatic rings. The predicted molar refractivity (Wildman–Crippen MR) is 191 cm³/mol. The van der Waals surface area contributed by atoms with Crippen LogP contribution in [0.3, 0.4) is 0 Å². The molecular formula is C36H31BrClN3O6S. The third kappa shape index (κ3) is 8.35. The fourth-order valence-corrected chi connectivity index (χ4v) is 6.89. The van der Waals surface area contributed by atoms with Crippen LogP contribution in [-0.2, 0) is 23.2 Å². The number of ether oxygens (including phenoxy) is 3. The Morgan fingerprint density at radius 2 is 1.56 bits per heavy atom. The van der Waals surface area contributed by atoms with Gasteiger partial charge in [0.15, 0.2) is 11.5 Å². The van der Waals surface area contributed by atoms with Gasteiger partial charge in [0.2, 0.25) is 0 Å². The molecular weight excluding hydrogens is 718 g/mol. The molecule has 246 valence electrons. The van der Waals surface area contributed by atoms with Gasteiger partial charge in [-0.05, 0) is 93.3 Å². The zero-order valence-corrected chi connectivity index (χ0v) is 29.1. The van der Waals surface area contributed by atoms with E-state index in [9.17, 15) is 13.2 Å². The highest BCUT2D eigenvalue weighted by molar-refractivity contribution is 9.10.